The minimum absolute atomic E-state index is 0.119. The Morgan fingerprint density at radius 2 is 1.87 bits per heavy atom. The molecule has 0 bridgehead atoms. The molecule has 6 heteroatoms. The second kappa shape index (κ2) is 8.11. The van der Waals surface area contributed by atoms with E-state index in [0.717, 1.165) is 51.3 Å². The van der Waals surface area contributed by atoms with E-state index in [1.807, 2.05) is 12.2 Å². The van der Waals surface area contributed by atoms with Crippen LogP contribution in [0, 0.1) is 40.4 Å². The first kappa shape index (κ1) is 21.3. The third-order valence-electron chi connectivity index (χ3n) is 10.2. The highest BCUT2D eigenvalue weighted by atomic mass is 16.5. The smallest absolute Gasteiger partial charge is 0.153 e. The molecule has 30 heavy (non-hydrogen) atoms. The molecule has 5 rings (SSSR count). The van der Waals surface area contributed by atoms with Gasteiger partial charge in [-0.05, 0) is 92.3 Å². The molecule has 5 fully saturated rings. The lowest BCUT2D eigenvalue weighted by atomic mass is 9.44. The molecule has 4 aliphatic carbocycles. The summed E-state index contributed by atoms with van der Waals surface area (Å²) in [6.07, 6.45) is 10.1. The van der Waals surface area contributed by atoms with Gasteiger partial charge in [-0.15, -0.1) is 0 Å². The molecular formula is C24H41N3O3. The Morgan fingerprint density at radius 1 is 1.07 bits per heavy atom. The molecule has 3 N–H and O–H groups in total. The van der Waals surface area contributed by atoms with Crippen molar-refractivity contribution in [3.05, 3.63) is 0 Å². The summed E-state index contributed by atoms with van der Waals surface area (Å²) in [5.74, 6) is 3.34. The predicted molar refractivity (Wildman–Crippen MR) is 115 cm³/mol. The number of carbonyl (C=O) groups excluding carboxylic acids is 1. The quantitative estimate of drug-likeness (QED) is 0.636. The highest BCUT2D eigenvalue weighted by Crippen LogP contribution is 2.67. The Balaban J connectivity index is 1.35. The van der Waals surface area contributed by atoms with E-state index in [1.165, 1.54) is 32.1 Å². The largest absolute Gasteiger partial charge is 0.393 e. The van der Waals surface area contributed by atoms with Gasteiger partial charge in [0.1, 0.15) is 0 Å². The number of methoxy groups -OCH3 is 1. The summed E-state index contributed by atoms with van der Waals surface area (Å²) < 4.78 is 5.84. The zero-order chi connectivity index (χ0) is 20.9. The first-order valence-electron chi connectivity index (χ1n) is 12.4. The zero-order valence-corrected chi connectivity index (χ0v) is 18.9. The van der Waals surface area contributed by atoms with E-state index >= 15 is 0 Å². The molecule has 0 aromatic carbocycles. The van der Waals surface area contributed by atoms with Crippen LogP contribution in [0.3, 0.4) is 0 Å². The number of hydrogen-bond acceptors (Lipinski definition) is 6. The van der Waals surface area contributed by atoms with Gasteiger partial charge in [0.25, 0.3) is 0 Å². The number of rotatable bonds is 5. The van der Waals surface area contributed by atoms with Crippen LogP contribution in [0.4, 0.5) is 0 Å². The van der Waals surface area contributed by atoms with E-state index in [-0.39, 0.29) is 22.9 Å². The number of hydrogen-bond donors (Lipinski definition) is 3. The van der Waals surface area contributed by atoms with Crippen molar-refractivity contribution in [2.24, 2.45) is 40.4 Å². The van der Waals surface area contributed by atoms with Crippen molar-refractivity contribution in [3.63, 3.8) is 0 Å². The lowest BCUT2D eigenvalue weighted by molar-refractivity contribution is -0.161. The number of Topliss-reactive ketones (excluding diaryl/α,β-unsaturated/α-hetero) is 1. The van der Waals surface area contributed by atoms with Crippen LogP contribution in [0.15, 0.2) is 0 Å². The second-order valence-corrected chi connectivity index (χ2v) is 11.3. The fourth-order valence-corrected chi connectivity index (χ4v) is 8.92. The fourth-order valence-electron chi connectivity index (χ4n) is 8.92. The molecule has 1 aliphatic heterocycles. The second-order valence-electron chi connectivity index (χ2n) is 11.3. The van der Waals surface area contributed by atoms with E-state index in [0.29, 0.717) is 30.1 Å². The van der Waals surface area contributed by atoms with Gasteiger partial charge in [0, 0.05) is 26.1 Å². The first-order valence-corrected chi connectivity index (χ1v) is 12.4. The number of ketones is 1. The maximum absolute atomic E-state index is 13.3. The maximum atomic E-state index is 13.3. The van der Waals surface area contributed by atoms with Crippen LogP contribution < -0.4 is 10.9 Å². The maximum Gasteiger partial charge on any atom is 0.153 e. The zero-order valence-electron chi connectivity index (χ0n) is 18.9. The molecule has 170 valence electrons. The predicted octanol–water partition coefficient (Wildman–Crippen LogP) is 2.53. The number of nitrogens with zero attached hydrogens (tertiary/aromatic N) is 1. The molecule has 1 unspecified atom stereocenters. The van der Waals surface area contributed by atoms with E-state index in [1.54, 1.807) is 0 Å². The highest BCUT2D eigenvalue weighted by molar-refractivity contribution is 5.84. The summed E-state index contributed by atoms with van der Waals surface area (Å²) in [7, 11) is 1.86. The van der Waals surface area contributed by atoms with E-state index in [9.17, 15) is 9.90 Å². The summed E-state index contributed by atoms with van der Waals surface area (Å²) in [6, 6.07) is 0. The summed E-state index contributed by atoms with van der Waals surface area (Å²) in [5, 5.41) is 12.2. The Kier molecular flexibility index (Phi) is 5.76. The van der Waals surface area contributed by atoms with Gasteiger partial charge < -0.3 is 9.84 Å². The Hall–Kier alpha value is -0.530. The van der Waals surface area contributed by atoms with Crippen molar-refractivity contribution in [1.29, 1.82) is 0 Å². The average Bonchev–Trinajstić information content (AvgIpc) is 3.35. The van der Waals surface area contributed by atoms with Gasteiger partial charge in [-0.25, -0.2) is 10.9 Å². The van der Waals surface area contributed by atoms with Crippen LogP contribution in [0.25, 0.3) is 0 Å². The molecule has 5 aliphatic rings. The van der Waals surface area contributed by atoms with Crippen molar-refractivity contribution < 1.29 is 14.6 Å². The van der Waals surface area contributed by atoms with Crippen molar-refractivity contribution in [3.8, 4) is 0 Å². The molecule has 0 aromatic rings. The summed E-state index contributed by atoms with van der Waals surface area (Å²) in [6.45, 7) is 5.57. The molecule has 1 heterocycles. The van der Waals surface area contributed by atoms with E-state index < -0.39 is 0 Å². The monoisotopic (exact) mass is 419 g/mol. The number of nitrogens with one attached hydrogen (secondary N) is 2. The number of carbonyl (C=O) groups is 1. The number of aliphatic hydroxyl groups excluding tert-OH is 1. The topological polar surface area (TPSA) is 73.8 Å². The Bertz CT molecular complexity index is 654. The summed E-state index contributed by atoms with van der Waals surface area (Å²) in [4.78, 5) is 13.3. The molecular weight excluding hydrogens is 378 g/mol. The molecule has 6 nitrogen and oxygen atoms in total. The minimum atomic E-state index is -0.119. The van der Waals surface area contributed by atoms with Gasteiger partial charge in [-0.3, -0.25) is 4.79 Å². The third kappa shape index (κ3) is 3.29. The SMILES string of the molecule is COC[C@]12CC[C@@H](O)C[C@@H]1CC[C@@H]1C2CC[C@]2(C)[C@@H](C(=O)CN3NCCN3)CC[C@@H]12. The third-order valence-corrected chi connectivity index (χ3v) is 10.2. The number of fused-ring (bicyclic) bond motifs is 5. The molecule has 0 amide bonds. The fraction of sp³-hybridized carbons (Fsp3) is 0.958. The highest BCUT2D eigenvalue weighted by Gasteiger charge is 2.62. The van der Waals surface area contributed by atoms with Crippen LogP contribution in [-0.4, -0.2) is 55.5 Å². The number of ether oxygens (including phenoxy) is 1. The van der Waals surface area contributed by atoms with Crippen LogP contribution in [0.1, 0.15) is 64.7 Å². The molecule has 8 atom stereocenters. The van der Waals surface area contributed by atoms with Gasteiger partial charge in [0.15, 0.2) is 5.78 Å². The minimum Gasteiger partial charge on any atom is -0.393 e. The van der Waals surface area contributed by atoms with Gasteiger partial charge in [-0.2, -0.15) is 5.12 Å². The Morgan fingerprint density at radius 3 is 2.63 bits per heavy atom. The Labute approximate surface area is 181 Å². The van der Waals surface area contributed by atoms with Gasteiger partial charge in [0.05, 0.1) is 19.3 Å². The summed E-state index contributed by atoms with van der Waals surface area (Å²) >= 11 is 0. The van der Waals surface area contributed by atoms with Crippen molar-refractivity contribution in [1.82, 2.24) is 16.0 Å². The normalized spacial score (nSPS) is 48.8. The van der Waals surface area contributed by atoms with Gasteiger partial charge in [0.2, 0.25) is 0 Å². The average molecular weight is 420 g/mol. The first-order chi connectivity index (χ1) is 14.5. The molecule has 0 radical (unpaired) electrons. The van der Waals surface area contributed by atoms with Crippen molar-refractivity contribution in [2.45, 2.75) is 70.8 Å². The number of aliphatic hydroxyl groups is 1. The van der Waals surface area contributed by atoms with Crippen molar-refractivity contribution >= 4 is 5.78 Å². The van der Waals surface area contributed by atoms with E-state index in [2.05, 4.69) is 17.8 Å². The standard InChI is InChI=1S/C24H41N3O3/c1-23-9-8-20-18(4-3-16-13-17(28)7-10-24(16,20)15-30-2)19(23)5-6-21(23)22(29)14-27-25-11-12-26-27/h16-21,25-26,28H,3-15H2,1-2H3/t16-,17+,18-,19-,20?,21+,23-,24+/m0/s1. The molecule has 0 aromatic heterocycles. The van der Waals surface area contributed by atoms with Crippen LogP contribution in [0.5, 0.6) is 0 Å². The van der Waals surface area contributed by atoms with Gasteiger partial charge >= 0.3 is 0 Å². The van der Waals surface area contributed by atoms with Gasteiger partial charge in [-0.1, -0.05) is 6.92 Å². The number of hydrazine groups is 2. The molecule has 1 saturated heterocycles. The molecule has 0 spiro atoms. The lowest BCUT2D eigenvalue weighted by Gasteiger charge is -2.61. The summed E-state index contributed by atoms with van der Waals surface area (Å²) in [5.41, 5.74) is 6.94. The van der Waals surface area contributed by atoms with Crippen molar-refractivity contribution in [2.75, 3.05) is 33.4 Å². The van der Waals surface area contributed by atoms with E-state index in [4.69, 9.17) is 4.74 Å². The van der Waals surface area contributed by atoms with Crippen LogP contribution >= 0.6 is 0 Å². The lowest BCUT2D eigenvalue weighted by Crippen LogP contribution is -2.57. The van der Waals surface area contributed by atoms with Crippen LogP contribution in [0.2, 0.25) is 0 Å². The molecule has 4 saturated carbocycles. The van der Waals surface area contributed by atoms with Crippen LogP contribution in [-0.2, 0) is 9.53 Å².